The van der Waals surface area contributed by atoms with E-state index in [-0.39, 0.29) is 5.57 Å². The van der Waals surface area contributed by atoms with Gasteiger partial charge in [-0.25, -0.2) is 4.98 Å². The molecule has 0 fully saturated rings. The van der Waals surface area contributed by atoms with Gasteiger partial charge in [-0.3, -0.25) is 10.1 Å². The Hall–Kier alpha value is -3.45. The van der Waals surface area contributed by atoms with Crippen LogP contribution in [0.15, 0.2) is 80.9 Å². The van der Waals surface area contributed by atoms with E-state index in [4.69, 9.17) is 16.0 Å². The number of thiazole rings is 1. The number of thioether (sulfide) groups is 1. The molecule has 4 aromatic rings. The third-order valence-electron chi connectivity index (χ3n) is 4.51. The minimum absolute atomic E-state index is 0.159. The van der Waals surface area contributed by atoms with E-state index < -0.39 is 11.7 Å². The maximum Gasteiger partial charge on any atom is 0.288 e. The molecule has 0 spiro atoms. The van der Waals surface area contributed by atoms with Gasteiger partial charge in [0.15, 0.2) is 5.13 Å². The summed E-state index contributed by atoms with van der Waals surface area (Å²) >= 11 is 7.60. The molecule has 34 heavy (non-hydrogen) atoms. The summed E-state index contributed by atoms with van der Waals surface area (Å²) in [7, 11) is 0. The van der Waals surface area contributed by atoms with Crippen LogP contribution in [0.3, 0.4) is 0 Å². The first-order valence-electron chi connectivity index (χ1n) is 9.71. The Morgan fingerprint density at radius 3 is 2.50 bits per heavy atom. The second-order valence-corrected chi connectivity index (χ2v) is 9.13. The number of hydrogen-bond acceptors (Lipinski definition) is 6. The molecule has 0 saturated heterocycles. The topological polar surface area (TPSA) is 78.9 Å². The quantitative estimate of drug-likeness (QED) is 0.156. The van der Waals surface area contributed by atoms with Gasteiger partial charge in [0.05, 0.1) is 5.69 Å². The van der Waals surface area contributed by atoms with Gasteiger partial charge in [-0.1, -0.05) is 47.6 Å². The summed E-state index contributed by atoms with van der Waals surface area (Å²) in [6.45, 7) is 0. The van der Waals surface area contributed by atoms with E-state index >= 15 is 0 Å². The van der Waals surface area contributed by atoms with Crippen molar-refractivity contribution in [2.24, 2.45) is 0 Å². The SMILES string of the molecule is N#CC(=Cc1ccc(-c2ccc(SC(F)F)cc2)o1)C(=O)Nc1nc(-c2ccc(Cl)cc2)cs1. The molecule has 1 amide bonds. The number of anilines is 1. The lowest BCUT2D eigenvalue weighted by atomic mass is 10.2. The summed E-state index contributed by atoms with van der Waals surface area (Å²) in [5.41, 5.74) is 2.04. The average molecular weight is 514 g/mol. The van der Waals surface area contributed by atoms with E-state index in [9.17, 15) is 18.8 Å². The molecule has 2 heterocycles. The zero-order chi connectivity index (χ0) is 24.1. The zero-order valence-electron chi connectivity index (χ0n) is 17.2. The van der Waals surface area contributed by atoms with Gasteiger partial charge in [0.2, 0.25) is 0 Å². The van der Waals surface area contributed by atoms with Crippen molar-refractivity contribution >= 4 is 51.8 Å². The van der Waals surface area contributed by atoms with Crippen LogP contribution in [0.2, 0.25) is 5.02 Å². The standard InChI is InChI=1S/C24H14ClF2N3O2S2/c25-17-5-1-14(2-6-17)20-13-33-24(29-20)30-22(31)16(12-28)11-18-7-10-21(32-18)15-3-8-19(9-4-15)34-23(26)27/h1-11,13,23H,(H,29,30,31). The zero-order valence-corrected chi connectivity index (χ0v) is 19.6. The van der Waals surface area contributed by atoms with Gasteiger partial charge in [-0.2, -0.15) is 14.0 Å². The normalized spacial score (nSPS) is 11.4. The number of hydrogen-bond donors (Lipinski definition) is 1. The number of amides is 1. The fourth-order valence-corrected chi connectivity index (χ4v) is 4.27. The van der Waals surface area contributed by atoms with Crippen LogP contribution in [0.5, 0.6) is 0 Å². The summed E-state index contributed by atoms with van der Waals surface area (Å²) in [4.78, 5) is 17.4. The number of aromatic nitrogens is 1. The Kier molecular flexibility index (Phi) is 7.43. The molecule has 0 aliphatic rings. The Balaban J connectivity index is 1.45. The monoisotopic (exact) mass is 513 g/mol. The number of nitriles is 1. The summed E-state index contributed by atoms with van der Waals surface area (Å²) in [6, 6.07) is 18.8. The number of rotatable bonds is 7. The van der Waals surface area contributed by atoms with E-state index in [2.05, 4.69) is 10.3 Å². The van der Waals surface area contributed by atoms with Gasteiger partial charge in [0, 0.05) is 32.5 Å². The first-order chi connectivity index (χ1) is 16.4. The first-order valence-corrected chi connectivity index (χ1v) is 11.8. The van der Waals surface area contributed by atoms with Gasteiger partial charge >= 0.3 is 0 Å². The molecule has 0 bridgehead atoms. The third kappa shape index (κ3) is 5.91. The fraction of sp³-hybridized carbons (Fsp3) is 0.0417. The summed E-state index contributed by atoms with van der Waals surface area (Å²) in [5, 5.41) is 14.8. The van der Waals surface area contributed by atoms with E-state index in [0.29, 0.717) is 49.6 Å². The van der Waals surface area contributed by atoms with Gasteiger partial charge < -0.3 is 4.42 Å². The van der Waals surface area contributed by atoms with Crippen molar-refractivity contribution in [3.05, 3.63) is 82.4 Å². The highest BCUT2D eigenvalue weighted by Crippen LogP contribution is 2.30. The number of carbonyl (C=O) groups is 1. The Bertz CT molecular complexity index is 1370. The van der Waals surface area contributed by atoms with E-state index in [0.717, 1.165) is 5.56 Å². The predicted molar refractivity (Wildman–Crippen MR) is 131 cm³/mol. The van der Waals surface area contributed by atoms with Gasteiger partial charge in [-0.15, -0.1) is 11.3 Å². The summed E-state index contributed by atoms with van der Waals surface area (Å²) < 4.78 is 30.6. The van der Waals surface area contributed by atoms with Gasteiger partial charge in [0.25, 0.3) is 11.7 Å². The molecule has 0 aliphatic carbocycles. The fourth-order valence-electron chi connectivity index (χ4n) is 2.93. The van der Waals surface area contributed by atoms with Crippen molar-refractivity contribution in [1.29, 1.82) is 5.26 Å². The van der Waals surface area contributed by atoms with Crippen LogP contribution in [0.4, 0.5) is 13.9 Å². The van der Waals surface area contributed by atoms with Crippen LogP contribution in [0, 0.1) is 11.3 Å². The molecule has 4 rings (SSSR count). The molecule has 5 nitrogen and oxygen atoms in total. The van der Waals surface area contributed by atoms with Crippen LogP contribution >= 0.6 is 34.7 Å². The largest absolute Gasteiger partial charge is 0.457 e. The Morgan fingerprint density at radius 2 is 1.82 bits per heavy atom. The van der Waals surface area contributed by atoms with Crippen molar-refractivity contribution in [1.82, 2.24) is 4.98 Å². The number of nitrogens with one attached hydrogen (secondary N) is 1. The number of furan rings is 1. The predicted octanol–water partition coefficient (Wildman–Crippen LogP) is 7.58. The summed E-state index contributed by atoms with van der Waals surface area (Å²) in [5.74, 6) is -2.33. The van der Waals surface area contributed by atoms with Crippen LogP contribution in [0.25, 0.3) is 28.7 Å². The van der Waals surface area contributed by atoms with Crippen molar-refractivity contribution in [3.8, 4) is 28.7 Å². The highest BCUT2D eigenvalue weighted by molar-refractivity contribution is 7.99. The molecule has 0 atom stereocenters. The molecule has 0 radical (unpaired) electrons. The molecule has 0 unspecified atom stereocenters. The van der Waals surface area contributed by atoms with Crippen LogP contribution in [-0.4, -0.2) is 16.6 Å². The second kappa shape index (κ2) is 10.7. The molecule has 1 N–H and O–H groups in total. The van der Waals surface area contributed by atoms with Crippen molar-refractivity contribution < 1.29 is 18.0 Å². The van der Waals surface area contributed by atoms with E-state index in [1.807, 2.05) is 18.2 Å². The minimum Gasteiger partial charge on any atom is -0.457 e. The molecule has 0 saturated carbocycles. The van der Waals surface area contributed by atoms with Crippen molar-refractivity contribution in [2.75, 3.05) is 5.32 Å². The van der Waals surface area contributed by atoms with Gasteiger partial charge in [0.1, 0.15) is 23.2 Å². The molecule has 10 heteroatoms. The summed E-state index contributed by atoms with van der Waals surface area (Å²) in [6.07, 6.45) is 1.33. The number of carbonyl (C=O) groups excluding carboxylic acids is 1. The van der Waals surface area contributed by atoms with Gasteiger partial charge in [-0.05, 0) is 36.4 Å². The minimum atomic E-state index is -2.49. The van der Waals surface area contributed by atoms with Crippen molar-refractivity contribution in [3.63, 3.8) is 0 Å². The number of nitrogens with zero attached hydrogens (tertiary/aromatic N) is 2. The van der Waals surface area contributed by atoms with E-state index in [1.165, 1.54) is 17.4 Å². The van der Waals surface area contributed by atoms with Crippen LogP contribution in [-0.2, 0) is 4.79 Å². The van der Waals surface area contributed by atoms with Crippen molar-refractivity contribution in [2.45, 2.75) is 10.7 Å². The molecular weight excluding hydrogens is 500 g/mol. The smallest absolute Gasteiger partial charge is 0.288 e. The second-order valence-electron chi connectivity index (χ2n) is 6.77. The molecule has 170 valence electrons. The molecule has 2 aromatic carbocycles. The lowest BCUT2D eigenvalue weighted by Gasteiger charge is -2.01. The Morgan fingerprint density at radius 1 is 1.12 bits per heavy atom. The lowest BCUT2D eigenvalue weighted by Crippen LogP contribution is -2.13. The first kappa shape index (κ1) is 23.7. The van der Waals surface area contributed by atoms with Crippen LogP contribution < -0.4 is 5.32 Å². The number of halogens is 3. The number of benzene rings is 2. The Labute approximate surface area is 206 Å². The average Bonchev–Trinajstić information content (AvgIpc) is 3.48. The molecule has 0 aliphatic heterocycles. The van der Waals surface area contributed by atoms with E-state index in [1.54, 1.807) is 53.9 Å². The molecular formula is C24H14ClF2N3O2S2. The lowest BCUT2D eigenvalue weighted by molar-refractivity contribution is -0.112. The third-order valence-corrected chi connectivity index (χ3v) is 6.24. The highest BCUT2D eigenvalue weighted by atomic mass is 35.5. The maximum atomic E-state index is 12.6. The van der Waals surface area contributed by atoms with Crippen LogP contribution in [0.1, 0.15) is 5.76 Å². The highest BCUT2D eigenvalue weighted by Gasteiger charge is 2.14. The maximum absolute atomic E-state index is 12.6. The number of alkyl halides is 2. The molecule has 2 aromatic heterocycles.